The van der Waals surface area contributed by atoms with Gasteiger partial charge in [-0.2, -0.15) is 0 Å². The lowest BCUT2D eigenvalue weighted by molar-refractivity contribution is 0.0848. The first-order chi connectivity index (χ1) is 8.61. The maximum atomic E-state index is 13.1. The van der Waals surface area contributed by atoms with Gasteiger partial charge in [0, 0.05) is 12.6 Å². The summed E-state index contributed by atoms with van der Waals surface area (Å²) in [5, 5.41) is 19.2. The van der Waals surface area contributed by atoms with Gasteiger partial charge in [0.1, 0.15) is 0 Å². The summed E-state index contributed by atoms with van der Waals surface area (Å²) in [4.78, 5) is 1.98. The Balaban J connectivity index is 2.02. The van der Waals surface area contributed by atoms with Crippen molar-refractivity contribution in [1.82, 2.24) is 4.90 Å². The molecule has 0 saturated carbocycles. The molecule has 2 atom stereocenters. The maximum absolute atomic E-state index is 13.1. The first kappa shape index (κ1) is 13.4. The lowest BCUT2D eigenvalue weighted by atomic mass is 10.1. The van der Waals surface area contributed by atoms with Crippen molar-refractivity contribution in [1.29, 1.82) is 0 Å². The fourth-order valence-corrected chi connectivity index (χ4v) is 2.39. The third kappa shape index (κ3) is 2.85. The second-order valence-corrected chi connectivity index (χ2v) is 4.66. The predicted molar refractivity (Wildman–Crippen MR) is 63.0 cm³/mol. The van der Waals surface area contributed by atoms with Gasteiger partial charge in [-0.3, -0.25) is 4.90 Å². The topological polar surface area (TPSA) is 43.7 Å². The molecule has 0 aliphatic carbocycles. The van der Waals surface area contributed by atoms with E-state index in [0.717, 1.165) is 31.5 Å². The van der Waals surface area contributed by atoms with Gasteiger partial charge in [0.25, 0.3) is 0 Å². The molecule has 1 aliphatic rings. The zero-order valence-corrected chi connectivity index (χ0v) is 10.0. The van der Waals surface area contributed by atoms with Crippen LogP contribution in [0.3, 0.4) is 0 Å². The zero-order chi connectivity index (χ0) is 13.1. The van der Waals surface area contributed by atoms with Crippen LogP contribution in [0.2, 0.25) is 0 Å². The molecule has 0 amide bonds. The molecule has 0 radical (unpaired) electrons. The Morgan fingerprint density at radius 1 is 1.33 bits per heavy atom. The minimum absolute atomic E-state index is 0.0600. The van der Waals surface area contributed by atoms with Crippen LogP contribution in [0, 0.1) is 11.6 Å². The fourth-order valence-electron chi connectivity index (χ4n) is 2.39. The molecule has 1 heterocycles. The van der Waals surface area contributed by atoms with Crippen LogP contribution in [-0.4, -0.2) is 40.9 Å². The highest BCUT2D eigenvalue weighted by Crippen LogP contribution is 2.22. The molecule has 1 aromatic rings. The summed E-state index contributed by atoms with van der Waals surface area (Å²) in [5.41, 5.74) is 0.359. The largest absolute Gasteiger partial charge is 0.395 e. The van der Waals surface area contributed by atoms with Gasteiger partial charge in [-0.05, 0) is 37.1 Å². The number of likely N-dealkylation sites (tertiary alicyclic amines) is 1. The smallest absolute Gasteiger partial charge is 0.159 e. The highest BCUT2D eigenvalue weighted by atomic mass is 19.2. The summed E-state index contributed by atoms with van der Waals surface area (Å²) in [5.74, 6) is -1.87. The molecule has 1 aromatic carbocycles. The second kappa shape index (κ2) is 5.73. The first-order valence-electron chi connectivity index (χ1n) is 6.09. The van der Waals surface area contributed by atoms with Crippen LogP contribution in [0.1, 0.15) is 24.5 Å². The number of aliphatic hydroxyl groups excluding tert-OH is 2. The fraction of sp³-hybridized carbons (Fsp3) is 0.538. The maximum Gasteiger partial charge on any atom is 0.159 e. The third-order valence-corrected chi connectivity index (χ3v) is 3.45. The van der Waals surface area contributed by atoms with E-state index in [-0.39, 0.29) is 12.6 Å². The van der Waals surface area contributed by atoms with E-state index >= 15 is 0 Å². The summed E-state index contributed by atoms with van der Waals surface area (Å²) in [6.45, 7) is 1.20. The Morgan fingerprint density at radius 2 is 2.11 bits per heavy atom. The second-order valence-electron chi connectivity index (χ2n) is 4.66. The molecular formula is C13H17F2NO2. The Morgan fingerprint density at radius 3 is 2.78 bits per heavy atom. The molecule has 1 saturated heterocycles. The van der Waals surface area contributed by atoms with E-state index in [1.807, 2.05) is 4.90 Å². The van der Waals surface area contributed by atoms with Gasteiger partial charge in [0.2, 0.25) is 0 Å². The van der Waals surface area contributed by atoms with Crippen LogP contribution in [0.25, 0.3) is 0 Å². The Hall–Kier alpha value is -1.04. The number of nitrogens with zero attached hydrogens (tertiary/aromatic N) is 1. The Labute approximate surface area is 105 Å². The van der Waals surface area contributed by atoms with E-state index in [1.54, 1.807) is 0 Å². The lowest BCUT2D eigenvalue weighted by Crippen LogP contribution is -2.35. The number of benzene rings is 1. The van der Waals surface area contributed by atoms with E-state index in [9.17, 15) is 13.9 Å². The predicted octanol–water partition coefficient (Wildman–Crippen LogP) is 1.45. The van der Waals surface area contributed by atoms with E-state index in [2.05, 4.69) is 0 Å². The van der Waals surface area contributed by atoms with Crippen molar-refractivity contribution in [3.63, 3.8) is 0 Å². The minimum atomic E-state index is -0.952. The molecule has 0 bridgehead atoms. The van der Waals surface area contributed by atoms with Crippen LogP contribution >= 0.6 is 0 Å². The monoisotopic (exact) mass is 257 g/mol. The molecular weight excluding hydrogens is 240 g/mol. The molecule has 0 spiro atoms. The van der Waals surface area contributed by atoms with Crippen LogP contribution in [0.15, 0.2) is 18.2 Å². The van der Waals surface area contributed by atoms with Crippen molar-refractivity contribution in [2.75, 3.05) is 19.7 Å². The first-order valence-corrected chi connectivity index (χ1v) is 6.09. The number of hydrogen-bond donors (Lipinski definition) is 2. The van der Waals surface area contributed by atoms with E-state index in [1.165, 1.54) is 6.07 Å². The minimum Gasteiger partial charge on any atom is -0.395 e. The van der Waals surface area contributed by atoms with Gasteiger partial charge in [0.15, 0.2) is 11.6 Å². The summed E-state index contributed by atoms with van der Waals surface area (Å²) < 4.78 is 25.8. The molecule has 1 aliphatic heterocycles. The lowest BCUT2D eigenvalue weighted by Gasteiger charge is -2.25. The van der Waals surface area contributed by atoms with Gasteiger partial charge < -0.3 is 10.2 Å². The van der Waals surface area contributed by atoms with Gasteiger partial charge in [-0.1, -0.05) is 6.07 Å². The average Bonchev–Trinajstić information content (AvgIpc) is 2.79. The average molecular weight is 257 g/mol. The van der Waals surface area contributed by atoms with Crippen molar-refractivity contribution in [3.05, 3.63) is 35.4 Å². The number of aliphatic hydroxyl groups is 2. The molecule has 1 fully saturated rings. The molecule has 5 heteroatoms. The van der Waals surface area contributed by atoms with Crippen LogP contribution in [0.5, 0.6) is 0 Å². The quantitative estimate of drug-likeness (QED) is 0.858. The number of β-amino-alcohol motifs (C(OH)–C–C–N with tert-alkyl or cyclic N) is 1. The van der Waals surface area contributed by atoms with Crippen LogP contribution in [0.4, 0.5) is 8.78 Å². The van der Waals surface area contributed by atoms with Crippen molar-refractivity contribution in [3.8, 4) is 0 Å². The highest BCUT2D eigenvalue weighted by molar-refractivity contribution is 5.20. The number of hydrogen-bond acceptors (Lipinski definition) is 3. The number of rotatable bonds is 4. The third-order valence-electron chi connectivity index (χ3n) is 3.45. The molecule has 100 valence electrons. The van der Waals surface area contributed by atoms with Crippen molar-refractivity contribution in [2.45, 2.75) is 25.0 Å². The highest BCUT2D eigenvalue weighted by Gasteiger charge is 2.26. The van der Waals surface area contributed by atoms with Gasteiger partial charge >= 0.3 is 0 Å². The summed E-state index contributed by atoms with van der Waals surface area (Å²) in [6, 6.07) is 3.48. The van der Waals surface area contributed by atoms with Gasteiger partial charge in [-0.15, -0.1) is 0 Å². The molecule has 0 unspecified atom stereocenters. The number of halogens is 2. The van der Waals surface area contributed by atoms with Crippen molar-refractivity contribution < 1.29 is 19.0 Å². The Kier molecular flexibility index (Phi) is 4.27. The van der Waals surface area contributed by atoms with Gasteiger partial charge in [-0.25, -0.2) is 8.78 Å². The molecule has 18 heavy (non-hydrogen) atoms. The summed E-state index contributed by atoms with van der Waals surface area (Å²) >= 11 is 0. The van der Waals surface area contributed by atoms with Crippen LogP contribution < -0.4 is 0 Å². The van der Waals surface area contributed by atoms with Crippen molar-refractivity contribution >= 4 is 0 Å². The molecule has 2 N–H and O–H groups in total. The van der Waals surface area contributed by atoms with E-state index < -0.39 is 17.7 Å². The summed E-state index contributed by atoms with van der Waals surface area (Å²) in [7, 11) is 0. The van der Waals surface area contributed by atoms with Gasteiger partial charge in [0.05, 0.1) is 12.7 Å². The van der Waals surface area contributed by atoms with Crippen molar-refractivity contribution in [2.24, 2.45) is 0 Å². The van der Waals surface area contributed by atoms with Crippen LogP contribution in [-0.2, 0) is 0 Å². The van der Waals surface area contributed by atoms with E-state index in [0.29, 0.717) is 12.1 Å². The standard InChI is InChI=1S/C13H17F2NO2/c14-11-4-3-9(6-12(11)15)13(18)7-16-5-1-2-10(16)8-17/h3-4,6,10,13,17-18H,1-2,5,7-8H2/t10-,13-/m0/s1. The zero-order valence-electron chi connectivity index (χ0n) is 10.0. The summed E-state index contributed by atoms with van der Waals surface area (Å²) in [6.07, 6.45) is 1.02. The molecule has 0 aromatic heterocycles. The molecule has 3 nitrogen and oxygen atoms in total. The normalized spacial score (nSPS) is 22.3. The SMILES string of the molecule is OC[C@@H]1CCCN1C[C@H](O)c1ccc(F)c(F)c1. The Bertz CT molecular complexity index is 414. The van der Waals surface area contributed by atoms with E-state index in [4.69, 9.17) is 5.11 Å². The molecule has 2 rings (SSSR count).